The Balaban J connectivity index is 0.000000199. The summed E-state index contributed by atoms with van der Waals surface area (Å²) in [5.74, 6) is 0.769. The third-order valence-electron chi connectivity index (χ3n) is 28.8. The Morgan fingerprint density at radius 1 is 0.531 bits per heavy atom. The van der Waals surface area contributed by atoms with Gasteiger partial charge in [-0.3, -0.25) is 48.7 Å². The molecule has 2 atom stereocenters. The van der Waals surface area contributed by atoms with Crippen molar-refractivity contribution in [2.75, 3.05) is 89.6 Å². The van der Waals surface area contributed by atoms with Gasteiger partial charge in [-0.25, -0.2) is 4.79 Å². The van der Waals surface area contributed by atoms with Gasteiger partial charge in [-0.15, -0.1) is 0 Å². The van der Waals surface area contributed by atoms with Gasteiger partial charge in [0.1, 0.15) is 70.3 Å². The molecule has 10 aliphatic rings. The number of nitriles is 2. The molecule has 128 heavy (non-hydrogen) atoms. The SMILES string of the molecule is C.COc1cc(OC2CC(N3CCOC4(CCN(c5ccc(C(=O)NC6C(C)(C)C(Oc7cc(C)c(C#N)c(C)c7)C6(C)C)cc5)CC4)C3)C2)ccc1C(=O)C[C@H]1CCC(=O)NC1=O.COc1cc(OC2CC(N3CCOC4(CCN(c5ccc(C(=O)NC6C(C)(C)C(Oc7cc(C)c(C#N)c(C)c7)C6(C)C)cc5)CC4)C3)C2)ccc1C(=O)O.N[C@H]1CCC(=O)CC1=O. The largest absolute Gasteiger partial charge is 0.496 e. The summed E-state index contributed by atoms with van der Waals surface area (Å²) >= 11 is 0. The summed E-state index contributed by atoms with van der Waals surface area (Å²) in [6.45, 7) is 33.4. The number of nitrogens with one attached hydrogen (secondary N) is 3. The van der Waals surface area contributed by atoms with Gasteiger partial charge >= 0.3 is 5.97 Å². The van der Waals surface area contributed by atoms with Gasteiger partial charge in [0.2, 0.25) is 11.8 Å². The first-order valence-electron chi connectivity index (χ1n) is 44.9. The van der Waals surface area contributed by atoms with Crippen LogP contribution in [0.2, 0.25) is 0 Å². The van der Waals surface area contributed by atoms with E-state index in [0.717, 1.165) is 155 Å². The molecule has 684 valence electrons. The number of morpholine rings is 2. The maximum absolute atomic E-state index is 13.6. The zero-order valence-corrected chi connectivity index (χ0v) is 75.9. The molecule has 10 fully saturated rings. The predicted molar refractivity (Wildman–Crippen MR) is 485 cm³/mol. The van der Waals surface area contributed by atoms with E-state index in [1.807, 2.05) is 76.2 Å². The zero-order chi connectivity index (χ0) is 91.0. The number of carboxylic acids is 1. The van der Waals surface area contributed by atoms with Crippen LogP contribution in [-0.4, -0.2) is 207 Å². The second kappa shape index (κ2) is 38.4. The second-order valence-corrected chi connectivity index (χ2v) is 39.1. The van der Waals surface area contributed by atoms with Crippen LogP contribution >= 0.6 is 0 Å². The highest BCUT2D eigenvalue weighted by molar-refractivity contribution is 6.05. The lowest BCUT2D eigenvalue weighted by molar-refractivity contribution is -0.164. The molecule has 0 aromatic heterocycles. The predicted octanol–water partition coefficient (Wildman–Crippen LogP) is 13.7. The Morgan fingerprint density at radius 3 is 1.30 bits per heavy atom. The molecule has 27 heteroatoms. The highest BCUT2D eigenvalue weighted by atomic mass is 16.5. The Labute approximate surface area is 752 Å². The summed E-state index contributed by atoms with van der Waals surface area (Å²) in [7, 11) is 2.98. The number of Topliss-reactive ketones (excluding diaryl/α,β-unsaturated/α-hetero) is 3. The molecule has 0 bridgehead atoms. The van der Waals surface area contributed by atoms with E-state index in [1.54, 1.807) is 30.3 Å². The number of carbonyl (C=O) groups excluding carboxylic acids is 7. The third kappa shape index (κ3) is 20.1. The number of imide groups is 1. The van der Waals surface area contributed by atoms with E-state index in [4.69, 9.17) is 43.6 Å². The molecule has 27 nitrogen and oxygen atoms in total. The fraction of sp³-hybridized carbons (Fsp3) is 0.545. The van der Waals surface area contributed by atoms with Crippen molar-refractivity contribution in [1.29, 1.82) is 10.5 Å². The van der Waals surface area contributed by atoms with Crippen molar-refractivity contribution < 1.29 is 81.4 Å². The van der Waals surface area contributed by atoms with E-state index >= 15 is 0 Å². The van der Waals surface area contributed by atoms with Crippen molar-refractivity contribution in [3.05, 3.63) is 165 Å². The molecule has 2 spiro atoms. The molecule has 16 rings (SSSR count). The molecule has 6 N–H and O–H groups in total. The standard InChI is InChI=1S/C50H61N5O8.C44H54N4O7.C6H9NO2.CH4/c1-30-22-37(23-31(2)40(30)28-51)63-47-48(3,4)46(49(47,5)6)53-44(58)32-8-11-34(12-9-32)54-18-16-50(17-19-54)29-55(20-21-61-50)35-25-38(26-35)62-36-13-14-39(42(27-36)60-7)41(56)24-33-10-15-43(57)52-45(33)59;1-27-20-33(21-28(2)36(27)25-45)55-41-42(3,4)40(43(41,5)6)46-38(49)29-8-10-30(11-9-29)47-16-14-44(15-17-47)26-48(18-19-53-44)31-22-34(23-31)54-32-12-13-35(39(50)51)37(24-32)52-7;7-5-2-1-4(8)3-6(5)9;/h8-9,11-14,22-23,27,33,35,38,46-47H,10,15-21,24-26,29H2,1-7H3,(H,53,58)(H,52,57,59);8-13,20-21,24,31,34,40-41H,14-19,22-23,26H2,1-7H3,(H,46,49)(H,50,51);5H,1-3,7H2;1H4/t33-,35?,38?,46?,47?;;5-;/m1.0./s1. The Hall–Kier alpha value is -10.9. The maximum Gasteiger partial charge on any atom is 0.339 e. The van der Waals surface area contributed by atoms with Gasteiger partial charge in [-0.1, -0.05) is 62.8 Å². The van der Waals surface area contributed by atoms with Gasteiger partial charge in [0.25, 0.3) is 11.8 Å². The number of piperidine rings is 3. The number of methoxy groups -OCH3 is 2. The van der Waals surface area contributed by atoms with Crippen molar-refractivity contribution in [3.63, 3.8) is 0 Å². The summed E-state index contributed by atoms with van der Waals surface area (Å²) < 4.78 is 49.4. The number of benzene rings is 6. The Morgan fingerprint density at radius 2 is 0.930 bits per heavy atom. The van der Waals surface area contributed by atoms with Crippen LogP contribution in [0.5, 0.6) is 34.5 Å². The number of anilines is 2. The van der Waals surface area contributed by atoms with Crippen LogP contribution in [0.15, 0.2) is 109 Å². The smallest absolute Gasteiger partial charge is 0.339 e. The monoisotopic (exact) mass is 1750 g/mol. The quantitative estimate of drug-likeness (QED) is 0.0239. The summed E-state index contributed by atoms with van der Waals surface area (Å²) in [5, 5.41) is 37.3. The molecule has 4 amide bonds. The lowest BCUT2D eigenvalue weighted by Crippen LogP contribution is -2.74. The van der Waals surface area contributed by atoms with Crippen LogP contribution in [0.25, 0.3) is 0 Å². The summed E-state index contributed by atoms with van der Waals surface area (Å²) in [6.07, 6.45) is 8.96. The number of aryl methyl sites for hydroxylation is 4. The molecule has 6 aromatic rings. The minimum absolute atomic E-state index is 0. The van der Waals surface area contributed by atoms with Crippen LogP contribution in [0.1, 0.15) is 228 Å². The van der Waals surface area contributed by atoms with Crippen molar-refractivity contribution in [2.24, 2.45) is 33.3 Å². The number of carbonyl (C=O) groups is 8. The number of amides is 4. The summed E-state index contributed by atoms with van der Waals surface area (Å²) in [6, 6.07) is 38.6. The number of ketones is 3. The van der Waals surface area contributed by atoms with Crippen molar-refractivity contribution >= 4 is 58.3 Å². The number of hydrogen-bond donors (Lipinski definition) is 5. The molecule has 5 saturated heterocycles. The van der Waals surface area contributed by atoms with Crippen LogP contribution in [0.3, 0.4) is 0 Å². The summed E-state index contributed by atoms with van der Waals surface area (Å²) in [4.78, 5) is 107. The maximum atomic E-state index is 13.6. The van der Waals surface area contributed by atoms with Gasteiger partial charge in [-0.05, 0) is 186 Å². The minimum atomic E-state index is -1.02. The molecule has 0 radical (unpaired) electrons. The van der Waals surface area contributed by atoms with Gasteiger partial charge in [0.05, 0.1) is 79.9 Å². The van der Waals surface area contributed by atoms with Crippen LogP contribution in [0.4, 0.5) is 11.4 Å². The molecule has 5 aliphatic carbocycles. The molecule has 0 unspecified atom stereocenters. The number of hydrogen-bond acceptors (Lipinski definition) is 23. The molecular formula is C101H128N10O17. The van der Waals surface area contributed by atoms with Crippen LogP contribution in [0, 0.1) is 77.9 Å². The van der Waals surface area contributed by atoms with E-state index in [1.165, 1.54) is 20.3 Å². The first kappa shape index (κ1) is 94.7. The van der Waals surface area contributed by atoms with Gasteiger partial charge in [0.15, 0.2) is 11.6 Å². The zero-order valence-electron chi connectivity index (χ0n) is 75.9. The lowest BCUT2D eigenvalue weighted by atomic mass is 9.49. The molecule has 5 saturated carbocycles. The van der Waals surface area contributed by atoms with Crippen molar-refractivity contribution in [2.45, 2.75) is 246 Å². The number of ether oxygens (including phenoxy) is 8. The van der Waals surface area contributed by atoms with E-state index in [0.29, 0.717) is 88.8 Å². The number of nitrogens with zero attached hydrogens (tertiary/aromatic N) is 6. The third-order valence-corrected chi connectivity index (χ3v) is 28.8. The van der Waals surface area contributed by atoms with E-state index in [-0.39, 0.29) is 143 Å². The van der Waals surface area contributed by atoms with Crippen LogP contribution < -0.4 is 59.9 Å². The first-order valence-corrected chi connectivity index (χ1v) is 44.9. The number of aromatic carboxylic acids is 1. The average molecular weight is 1750 g/mol. The van der Waals surface area contributed by atoms with E-state index < -0.39 is 17.8 Å². The number of rotatable bonds is 22. The van der Waals surface area contributed by atoms with Crippen molar-refractivity contribution in [1.82, 2.24) is 25.8 Å². The lowest BCUT2D eigenvalue weighted by Gasteiger charge is -2.63. The number of carboxylic acid groups (broad SMARTS) is 1. The highest BCUT2D eigenvalue weighted by Gasteiger charge is 2.66. The van der Waals surface area contributed by atoms with Gasteiger partial charge in [-0.2, -0.15) is 10.5 Å². The van der Waals surface area contributed by atoms with Crippen LogP contribution in [-0.2, 0) is 28.7 Å². The Kier molecular flexibility index (Phi) is 28.4. The fourth-order valence-corrected chi connectivity index (χ4v) is 21.9. The van der Waals surface area contributed by atoms with Gasteiger partial charge < -0.3 is 69.2 Å². The minimum Gasteiger partial charge on any atom is -0.496 e. The Bertz CT molecular complexity index is 5160. The fourth-order valence-electron chi connectivity index (χ4n) is 21.9. The summed E-state index contributed by atoms with van der Waals surface area (Å²) in [5.41, 5.74) is 12.7. The normalized spacial score (nSPS) is 25.7. The topological polar surface area (TPSA) is 353 Å². The second-order valence-electron chi connectivity index (χ2n) is 39.1. The van der Waals surface area contributed by atoms with Gasteiger partial charge in [0, 0.05) is 184 Å². The highest BCUT2D eigenvalue weighted by Crippen LogP contribution is 2.58. The van der Waals surface area contributed by atoms with Crippen molar-refractivity contribution in [3.8, 4) is 46.6 Å². The molecular weight excluding hydrogens is 1630 g/mol. The molecule has 5 aliphatic heterocycles. The van der Waals surface area contributed by atoms with E-state index in [9.17, 15) is 54.0 Å². The number of nitrogens with two attached hydrogens (primary N) is 1. The molecule has 5 heterocycles. The first-order chi connectivity index (χ1) is 60.3. The van der Waals surface area contributed by atoms with E-state index in [2.05, 4.69) is 127 Å². The average Bonchev–Trinajstić information content (AvgIpc) is 0.708. The molecule has 6 aromatic carbocycles.